The molecule has 1 aromatic heterocycles. The summed E-state index contributed by atoms with van der Waals surface area (Å²) in [7, 11) is -2.47. The van der Waals surface area contributed by atoms with Gasteiger partial charge in [0.25, 0.3) is 0 Å². The van der Waals surface area contributed by atoms with Crippen LogP contribution in [-0.2, 0) is 0 Å². The van der Waals surface area contributed by atoms with Gasteiger partial charge < -0.3 is 0 Å². The van der Waals surface area contributed by atoms with E-state index in [9.17, 15) is 0 Å². The van der Waals surface area contributed by atoms with Crippen molar-refractivity contribution >= 4 is 41.4 Å². The molecule has 0 atom stereocenters. The van der Waals surface area contributed by atoms with E-state index in [-0.39, 0.29) is 0 Å². The van der Waals surface area contributed by atoms with Crippen molar-refractivity contribution in [3.63, 3.8) is 0 Å². The van der Waals surface area contributed by atoms with Crippen LogP contribution in [0.15, 0.2) is 5.29 Å². The lowest BCUT2D eigenvalue weighted by atomic mass is 11.9. The first-order valence-corrected chi connectivity index (χ1v) is 12.0. The minimum Gasteiger partial charge on any atom is -0.106 e. The summed E-state index contributed by atoms with van der Waals surface area (Å²) in [5.41, 5.74) is 0. The van der Waals surface area contributed by atoms with Gasteiger partial charge in [-0.2, -0.15) is 0 Å². The van der Waals surface area contributed by atoms with Gasteiger partial charge in [0.05, 0.1) is 0 Å². The third-order valence-corrected chi connectivity index (χ3v) is 22.0. The molecule has 0 amide bonds. The molecular weight excluding hydrogens is 152 g/mol. The Balaban J connectivity index is 3.25. The standard InChI is InChI=1S/CH6Si5/c1-2-4-6-5-3-1/h1-6H/i2D,4D,6D. The van der Waals surface area contributed by atoms with Crippen LogP contribution in [0, 0.1) is 0 Å². The second kappa shape index (κ2) is 3.02. The molecule has 1 rings (SSSR count). The molecule has 0 saturated carbocycles. The first kappa shape index (κ1) is 2.49. The molecule has 0 aromatic carbocycles. The van der Waals surface area contributed by atoms with Crippen molar-refractivity contribution in [1.29, 1.82) is 3.70 Å². The van der Waals surface area contributed by atoms with Crippen LogP contribution < -0.4 is 0 Å². The molecule has 0 fully saturated rings. The zero-order valence-electron chi connectivity index (χ0n) is 6.23. The van der Waals surface area contributed by atoms with Gasteiger partial charge in [-0.1, -0.05) is 0 Å². The van der Waals surface area contributed by atoms with E-state index in [2.05, 4.69) is 5.29 Å². The molecule has 0 aliphatic heterocycles. The van der Waals surface area contributed by atoms with Crippen LogP contribution in [0.3, 0.4) is 0 Å². The van der Waals surface area contributed by atoms with Crippen molar-refractivity contribution < 1.29 is 0 Å². The third kappa shape index (κ3) is 1.60. The Bertz CT molecular complexity index is 203. The van der Waals surface area contributed by atoms with Gasteiger partial charge in [0.15, 0.2) is 0 Å². The van der Waals surface area contributed by atoms with Crippen molar-refractivity contribution in [2.45, 2.75) is 0 Å². The lowest BCUT2D eigenvalue weighted by Gasteiger charge is -1.67. The summed E-state index contributed by atoms with van der Waals surface area (Å²) < 4.78 is 22.5. The fourth-order valence-corrected chi connectivity index (χ4v) is 28.6. The molecule has 0 N–H and O–H groups in total. The van der Waals surface area contributed by atoms with Crippen molar-refractivity contribution in [3.05, 3.63) is 5.29 Å². The van der Waals surface area contributed by atoms with E-state index in [1.807, 2.05) is 0 Å². The van der Waals surface area contributed by atoms with Gasteiger partial charge in [-0.3, -0.25) is 0 Å². The largest absolute Gasteiger partial charge is 0.106 e. The summed E-state index contributed by atoms with van der Waals surface area (Å²) >= 11 is 0. The summed E-state index contributed by atoms with van der Waals surface area (Å²) in [6.45, 7) is 0. The maximum Gasteiger partial charge on any atom is 0.0335 e. The fraction of sp³-hybridized carbons (Fsp3) is 0. The molecule has 0 nitrogen and oxygen atoms in total. The van der Waals surface area contributed by atoms with E-state index in [0.29, 0.717) is 16.7 Å². The average Bonchev–Trinajstić information content (AvgIpc) is 1.83. The molecule has 0 saturated heterocycles. The molecule has 0 unspecified atom stereocenters. The average molecular weight is 162 g/mol. The molecule has 1 aromatic rings. The Kier molecular flexibility index (Phi) is 1.25. The summed E-state index contributed by atoms with van der Waals surface area (Å²) in [6.07, 6.45) is 0. The van der Waals surface area contributed by atoms with Gasteiger partial charge in [-0.05, 0) is 41.4 Å². The van der Waals surface area contributed by atoms with Crippen LogP contribution >= 0.6 is 0 Å². The van der Waals surface area contributed by atoms with E-state index < -0.39 is 24.7 Å². The van der Waals surface area contributed by atoms with Crippen molar-refractivity contribution in [1.82, 2.24) is 0 Å². The molecule has 0 aliphatic carbocycles. The first-order valence-electron chi connectivity index (χ1n) is 3.24. The molecule has 0 spiro atoms. The van der Waals surface area contributed by atoms with Gasteiger partial charge in [-0.25, -0.2) is 0 Å². The van der Waals surface area contributed by atoms with Crippen LogP contribution in [0.1, 0.15) is 0 Å². The van der Waals surface area contributed by atoms with Crippen molar-refractivity contribution in [2.24, 2.45) is 0 Å². The number of hydrogen-bond donors (Lipinski definition) is 0. The molecular formula is CH6Si5. The van der Waals surface area contributed by atoms with Gasteiger partial charge in [0, 0.05) is 3.70 Å². The fourth-order valence-electron chi connectivity index (χ4n) is 0.269. The second-order valence-electron chi connectivity index (χ2n) is 0.939. The maximum atomic E-state index is 7.51. The van der Waals surface area contributed by atoms with Gasteiger partial charge in [-0.15, -0.1) is 5.29 Å². The topological polar surface area (TPSA) is 0 Å². The highest BCUT2D eigenvalue weighted by Gasteiger charge is 1.60. The maximum absolute atomic E-state index is 7.51. The van der Waals surface area contributed by atoms with E-state index in [4.69, 9.17) is 3.70 Å². The molecule has 0 aliphatic rings. The van der Waals surface area contributed by atoms with Gasteiger partial charge >= 0.3 is 0 Å². The van der Waals surface area contributed by atoms with Crippen LogP contribution in [-0.4, -0.2) is 45.1 Å². The minimum atomic E-state index is -1.16. The van der Waals surface area contributed by atoms with E-state index in [1.54, 1.807) is 0 Å². The molecule has 0 radical (unpaired) electrons. The summed E-state index contributed by atoms with van der Waals surface area (Å²) in [5.74, 6) is 0. The highest BCUT2D eigenvalue weighted by atomic mass is 29.5. The SMILES string of the molecule is [2H][si]1c[siH][siH][si]([2H])[si]1[2H]. The van der Waals surface area contributed by atoms with Crippen molar-refractivity contribution in [3.8, 4) is 0 Å². The van der Waals surface area contributed by atoms with Gasteiger partial charge in [0.2, 0.25) is 0 Å². The Morgan fingerprint density at radius 3 is 3.17 bits per heavy atom. The molecule has 1 heterocycles. The lowest BCUT2D eigenvalue weighted by Crippen LogP contribution is -1.95. The van der Waals surface area contributed by atoms with E-state index in [1.165, 1.54) is 0 Å². The molecule has 0 bridgehead atoms. The summed E-state index contributed by atoms with van der Waals surface area (Å²) in [5, 5.41) is 2.12. The third-order valence-electron chi connectivity index (χ3n) is 0.503. The second-order valence-corrected chi connectivity index (χ2v) is 16.3. The Hall–Kier alpha value is 0.954. The zero-order valence-corrected chi connectivity index (χ0v) is 8.54. The highest BCUT2D eigenvalue weighted by molar-refractivity contribution is 7.24. The van der Waals surface area contributed by atoms with Crippen LogP contribution in [0.5, 0.6) is 0 Å². The number of rotatable bonds is 0. The smallest absolute Gasteiger partial charge is 0.0335 e. The van der Waals surface area contributed by atoms with Crippen molar-refractivity contribution in [2.75, 3.05) is 0 Å². The Morgan fingerprint density at radius 1 is 1.50 bits per heavy atom. The van der Waals surface area contributed by atoms with Crippen LogP contribution in [0.4, 0.5) is 0 Å². The van der Waals surface area contributed by atoms with Crippen LogP contribution in [0.25, 0.3) is 0 Å². The summed E-state index contributed by atoms with van der Waals surface area (Å²) in [4.78, 5) is 0. The predicted octanol–water partition coefficient (Wildman–Crippen LogP) is -2.96. The monoisotopic (exact) mass is 161 g/mol. The Morgan fingerprint density at radius 2 is 2.50 bits per heavy atom. The van der Waals surface area contributed by atoms with Gasteiger partial charge in [0.1, 0.15) is 0 Å². The Labute approximate surface area is 50.9 Å². The molecule has 6 heavy (non-hydrogen) atoms. The normalized spacial score (nSPS) is 15.0. The highest BCUT2D eigenvalue weighted by Crippen LogP contribution is 1.38. The minimum absolute atomic E-state index is 0.357. The summed E-state index contributed by atoms with van der Waals surface area (Å²) in [6, 6.07) is 0. The molecule has 5 heteroatoms. The van der Waals surface area contributed by atoms with E-state index in [0.717, 1.165) is 0 Å². The number of hydrogen-bond acceptors (Lipinski definition) is 0. The quantitative estimate of drug-likeness (QED) is 0.357. The predicted molar refractivity (Wildman–Crippen MR) is 40.2 cm³/mol. The van der Waals surface area contributed by atoms with E-state index >= 15 is 0 Å². The lowest BCUT2D eigenvalue weighted by molar-refractivity contribution is 2.84. The zero-order chi connectivity index (χ0) is 6.85. The molecule has 30 valence electrons. The van der Waals surface area contributed by atoms with Crippen LogP contribution in [0.2, 0.25) is 0 Å². The first-order chi connectivity index (χ1) is 4.22.